The van der Waals surface area contributed by atoms with Gasteiger partial charge in [0.05, 0.1) is 6.61 Å². The van der Waals surface area contributed by atoms with Gasteiger partial charge in [0.1, 0.15) is 11.3 Å². The molecule has 20 heavy (non-hydrogen) atoms. The highest BCUT2D eigenvalue weighted by atomic mass is 16.5. The number of nitrogens with one attached hydrogen (secondary N) is 1. The van der Waals surface area contributed by atoms with Crippen LogP contribution in [0.4, 0.5) is 0 Å². The van der Waals surface area contributed by atoms with Crippen molar-refractivity contribution in [3.8, 4) is 5.75 Å². The van der Waals surface area contributed by atoms with Crippen LogP contribution in [0.2, 0.25) is 0 Å². The van der Waals surface area contributed by atoms with Gasteiger partial charge in [-0.15, -0.1) is 0 Å². The van der Waals surface area contributed by atoms with Gasteiger partial charge in [-0.25, -0.2) is 0 Å². The Hall–Kier alpha value is -1.81. The van der Waals surface area contributed by atoms with E-state index in [0.29, 0.717) is 18.0 Å². The monoisotopic (exact) mass is 277 g/mol. The minimum Gasteiger partial charge on any atom is -0.494 e. The third-order valence-corrected chi connectivity index (χ3v) is 2.67. The standard InChI is InChI=1S/C14H17NO3.C2H6/c1-10(16)14-9-11-8-12(4-5-13(11)18-14)17-7-3-6-15-2;1-2/h4-5,8-9,15H,3,6-7H2,1-2H3;1-2H3. The van der Waals surface area contributed by atoms with Crippen molar-refractivity contribution in [1.82, 2.24) is 5.32 Å². The van der Waals surface area contributed by atoms with Gasteiger partial charge in [-0.05, 0) is 44.3 Å². The van der Waals surface area contributed by atoms with E-state index in [1.54, 1.807) is 6.07 Å². The quantitative estimate of drug-likeness (QED) is 0.647. The molecule has 0 radical (unpaired) electrons. The number of carbonyl (C=O) groups excluding carboxylic acids is 1. The number of carbonyl (C=O) groups is 1. The molecule has 1 heterocycles. The molecule has 110 valence electrons. The van der Waals surface area contributed by atoms with E-state index >= 15 is 0 Å². The van der Waals surface area contributed by atoms with Crippen LogP contribution < -0.4 is 10.1 Å². The summed E-state index contributed by atoms with van der Waals surface area (Å²) in [6, 6.07) is 7.33. The molecular weight excluding hydrogens is 254 g/mol. The van der Waals surface area contributed by atoms with E-state index in [-0.39, 0.29) is 5.78 Å². The fourth-order valence-electron chi connectivity index (χ4n) is 1.72. The van der Waals surface area contributed by atoms with Gasteiger partial charge in [0.15, 0.2) is 11.5 Å². The number of Topliss-reactive ketones (excluding diaryl/α,β-unsaturated/α-hetero) is 1. The van der Waals surface area contributed by atoms with Gasteiger partial charge in [-0.2, -0.15) is 0 Å². The summed E-state index contributed by atoms with van der Waals surface area (Å²) in [6.45, 7) is 7.10. The number of ether oxygens (including phenoxy) is 1. The average Bonchev–Trinajstić information content (AvgIpc) is 2.89. The molecule has 1 aromatic heterocycles. The SMILES string of the molecule is CC.CNCCCOc1ccc2oc(C(C)=O)cc2c1. The summed E-state index contributed by atoms with van der Waals surface area (Å²) in [5, 5.41) is 3.96. The maximum atomic E-state index is 11.2. The van der Waals surface area contributed by atoms with E-state index in [1.807, 2.05) is 39.1 Å². The van der Waals surface area contributed by atoms with Crippen molar-refractivity contribution in [2.75, 3.05) is 20.2 Å². The fourth-order valence-corrected chi connectivity index (χ4v) is 1.72. The predicted molar refractivity (Wildman–Crippen MR) is 81.6 cm³/mol. The van der Waals surface area contributed by atoms with Gasteiger partial charge in [0.25, 0.3) is 0 Å². The first kappa shape index (κ1) is 16.2. The van der Waals surface area contributed by atoms with Crippen LogP contribution in [0.5, 0.6) is 5.75 Å². The lowest BCUT2D eigenvalue weighted by molar-refractivity contribution is 0.0989. The second-order valence-corrected chi connectivity index (χ2v) is 4.17. The van der Waals surface area contributed by atoms with Crippen LogP contribution in [0.3, 0.4) is 0 Å². The summed E-state index contributed by atoms with van der Waals surface area (Å²) in [4.78, 5) is 11.2. The molecule has 0 amide bonds. The number of hydrogen-bond acceptors (Lipinski definition) is 4. The highest BCUT2D eigenvalue weighted by Crippen LogP contribution is 2.24. The highest BCUT2D eigenvalue weighted by Gasteiger charge is 2.08. The molecule has 0 unspecified atom stereocenters. The Morgan fingerprint density at radius 3 is 2.70 bits per heavy atom. The number of hydrogen-bond donors (Lipinski definition) is 1. The highest BCUT2D eigenvalue weighted by molar-refractivity contribution is 5.96. The lowest BCUT2D eigenvalue weighted by Gasteiger charge is -2.05. The van der Waals surface area contributed by atoms with Crippen LogP contribution in [-0.2, 0) is 0 Å². The number of rotatable bonds is 6. The number of furan rings is 1. The van der Waals surface area contributed by atoms with Crippen molar-refractivity contribution < 1.29 is 13.9 Å². The van der Waals surface area contributed by atoms with Crippen molar-refractivity contribution in [3.05, 3.63) is 30.0 Å². The average molecular weight is 277 g/mol. The van der Waals surface area contributed by atoms with E-state index in [2.05, 4.69) is 5.32 Å². The lowest BCUT2D eigenvalue weighted by atomic mass is 10.2. The maximum absolute atomic E-state index is 11.2. The number of fused-ring (bicyclic) bond motifs is 1. The molecular formula is C16H23NO3. The summed E-state index contributed by atoms with van der Waals surface area (Å²) >= 11 is 0. The first-order chi connectivity index (χ1) is 9.70. The maximum Gasteiger partial charge on any atom is 0.194 e. The van der Waals surface area contributed by atoms with E-state index in [9.17, 15) is 4.79 Å². The zero-order valence-electron chi connectivity index (χ0n) is 12.7. The van der Waals surface area contributed by atoms with Crippen LogP contribution in [0.15, 0.2) is 28.7 Å². The van der Waals surface area contributed by atoms with Crippen molar-refractivity contribution in [2.45, 2.75) is 27.2 Å². The van der Waals surface area contributed by atoms with Crippen molar-refractivity contribution in [1.29, 1.82) is 0 Å². The molecule has 1 aromatic carbocycles. The van der Waals surface area contributed by atoms with Gasteiger partial charge in [0, 0.05) is 12.3 Å². The number of benzene rings is 1. The second-order valence-electron chi connectivity index (χ2n) is 4.17. The molecule has 2 aromatic rings. The Morgan fingerprint density at radius 2 is 2.05 bits per heavy atom. The summed E-state index contributed by atoms with van der Waals surface area (Å²) < 4.78 is 11.0. The van der Waals surface area contributed by atoms with Crippen molar-refractivity contribution >= 4 is 16.8 Å². The normalized spacial score (nSPS) is 10.0. The Kier molecular flexibility index (Phi) is 6.81. The molecule has 0 aliphatic heterocycles. The van der Waals surface area contributed by atoms with Gasteiger partial charge < -0.3 is 14.5 Å². The summed E-state index contributed by atoms with van der Waals surface area (Å²) in [5.41, 5.74) is 0.711. The minimum atomic E-state index is -0.0670. The minimum absolute atomic E-state index is 0.0670. The summed E-state index contributed by atoms with van der Waals surface area (Å²) in [5.74, 6) is 1.12. The molecule has 0 spiro atoms. The first-order valence-corrected chi connectivity index (χ1v) is 7.02. The van der Waals surface area contributed by atoms with E-state index < -0.39 is 0 Å². The van der Waals surface area contributed by atoms with Crippen LogP contribution in [-0.4, -0.2) is 26.0 Å². The van der Waals surface area contributed by atoms with Gasteiger partial charge in [0.2, 0.25) is 0 Å². The Morgan fingerprint density at radius 1 is 1.30 bits per heavy atom. The predicted octanol–water partition coefficient (Wildman–Crippen LogP) is 3.65. The molecule has 0 aliphatic rings. The molecule has 0 fully saturated rings. The second kappa shape index (κ2) is 8.38. The largest absolute Gasteiger partial charge is 0.494 e. The summed E-state index contributed by atoms with van der Waals surface area (Å²) in [7, 11) is 1.92. The Labute approximate surface area is 120 Å². The van der Waals surface area contributed by atoms with Crippen molar-refractivity contribution in [3.63, 3.8) is 0 Å². The topological polar surface area (TPSA) is 51.5 Å². The van der Waals surface area contributed by atoms with Crippen LogP contribution in [0.25, 0.3) is 11.0 Å². The molecule has 0 saturated heterocycles. The van der Waals surface area contributed by atoms with E-state index in [0.717, 1.165) is 24.1 Å². The lowest BCUT2D eigenvalue weighted by Crippen LogP contribution is -2.11. The van der Waals surface area contributed by atoms with Gasteiger partial charge >= 0.3 is 0 Å². The van der Waals surface area contributed by atoms with Crippen LogP contribution in [0.1, 0.15) is 37.7 Å². The molecule has 0 aliphatic carbocycles. The zero-order chi connectivity index (χ0) is 15.0. The van der Waals surface area contributed by atoms with Gasteiger partial charge in [-0.1, -0.05) is 13.8 Å². The van der Waals surface area contributed by atoms with E-state index in [1.165, 1.54) is 6.92 Å². The smallest absolute Gasteiger partial charge is 0.194 e. The van der Waals surface area contributed by atoms with Gasteiger partial charge in [-0.3, -0.25) is 4.79 Å². The molecule has 0 bridgehead atoms. The number of ketones is 1. The Balaban J connectivity index is 0.000000956. The molecule has 4 nitrogen and oxygen atoms in total. The molecule has 0 atom stereocenters. The third-order valence-electron chi connectivity index (χ3n) is 2.67. The first-order valence-electron chi connectivity index (χ1n) is 7.02. The van der Waals surface area contributed by atoms with Crippen LogP contribution in [0, 0.1) is 0 Å². The van der Waals surface area contributed by atoms with Crippen molar-refractivity contribution in [2.24, 2.45) is 0 Å². The molecule has 1 N–H and O–H groups in total. The molecule has 0 saturated carbocycles. The zero-order valence-corrected chi connectivity index (χ0v) is 12.7. The van der Waals surface area contributed by atoms with Crippen LogP contribution >= 0.6 is 0 Å². The van der Waals surface area contributed by atoms with E-state index in [4.69, 9.17) is 9.15 Å². The molecule has 4 heteroatoms. The Bertz CT molecular complexity index is 546. The fraction of sp³-hybridized carbons (Fsp3) is 0.438. The molecule has 2 rings (SSSR count). The third kappa shape index (κ3) is 4.38. The summed E-state index contributed by atoms with van der Waals surface area (Å²) in [6.07, 6.45) is 0.957.